The number of rotatable bonds is 5. The number of fused-ring (bicyclic) bond motifs is 1. The summed E-state index contributed by atoms with van der Waals surface area (Å²) in [5, 5.41) is 2.87. The minimum Gasteiger partial charge on any atom is -0.351 e. The van der Waals surface area contributed by atoms with Crippen LogP contribution in [-0.2, 0) is 11.3 Å². The largest absolute Gasteiger partial charge is 0.351 e. The minimum atomic E-state index is -0.472. The van der Waals surface area contributed by atoms with Crippen molar-refractivity contribution in [1.29, 1.82) is 0 Å². The van der Waals surface area contributed by atoms with Crippen LogP contribution < -0.4 is 11.1 Å². The molecule has 5 heteroatoms. The lowest BCUT2D eigenvalue weighted by molar-refractivity contribution is -0.123. The van der Waals surface area contributed by atoms with E-state index in [-0.39, 0.29) is 11.8 Å². The van der Waals surface area contributed by atoms with E-state index in [1.807, 2.05) is 62.4 Å². The molecular weight excluding hydrogens is 300 g/mol. The van der Waals surface area contributed by atoms with E-state index in [0.29, 0.717) is 6.54 Å². The fourth-order valence-corrected chi connectivity index (χ4v) is 2.48. The van der Waals surface area contributed by atoms with Crippen LogP contribution in [0.15, 0.2) is 48.5 Å². The molecule has 1 amide bonds. The molecule has 5 nitrogen and oxygen atoms in total. The summed E-state index contributed by atoms with van der Waals surface area (Å²) >= 11 is 0. The molecule has 0 bridgehead atoms. The highest BCUT2D eigenvalue weighted by Gasteiger charge is 2.16. The number of aromatic nitrogens is 2. The molecule has 1 atom stereocenters. The first-order valence-corrected chi connectivity index (χ1v) is 8.12. The molecule has 1 aromatic heterocycles. The van der Waals surface area contributed by atoms with Crippen molar-refractivity contribution in [2.24, 2.45) is 11.7 Å². The first-order chi connectivity index (χ1) is 11.5. The second-order valence-electron chi connectivity index (χ2n) is 6.29. The summed E-state index contributed by atoms with van der Waals surface area (Å²) in [4.78, 5) is 19.8. The number of imidazole rings is 1. The van der Waals surface area contributed by atoms with E-state index in [4.69, 9.17) is 5.73 Å². The molecule has 0 unspecified atom stereocenters. The van der Waals surface area contributed by atoms with Crippen LogP contribution in [0.2, 0.25) is 0 Å². The maximum atomic E-state index is 11.9. The van der Waals surface area contributed by atoms with E-state index in [9.17, 15) is 4.79 Å². The Balaban J connectivity index is 1.68. The zero-order valence-corrected chi connectivity index (χ0v) is 13.9. The van der Waals surface area contributed by atoms with Crippen LogP contribution >= 0.6 is 0 Å². The first-order valence-electron chi connectivity index (χ1n) is 8.12. The van der Waals surface area contributed by atoms with Crippen molar-refractivity contribution in [2.75, 3.05) is 0 Å². The van der Waals surface area contributed by atoms with Gasteiger partial charge in [-0.3, -0.25) is 4.79 Å². The maximum Gasteiger partial charge on any atom is 0.237 e. The van der Waals surface area contributed by atoms with Gasteiger partial charge in [0.05, 0.1) is 17.1 Å². The van der Waals surface area contributed by atoms with Gasteiger partial charge in [-0.05, 0) is 23.6 Å². The Hall–Kier alpha value is -2.66. The third-order valence-electron chi connectivity index (χ3n) is 4.10. The van der Waals surface area contributed by atoms with Crippen LogP contribution in [0, 0.1) is 5.92 Å². The van der Waals surface area contributed by atoms with E-state index in [1.165, 1.54) is 0 Å². The van der Waals surface area contributed by atoms with E-state index < -0.39 is 6.04 Å². The quantitative estimate of drug-likeness (QED) is 0.675. The Morgan fingerprint density at radius 3 is 2.54 bits per heavy atom. The van der Waals surface area contributed by atoms with Crippen molar-refractivity contribution in [3.8, 4) is 11.4 Å². The van der Waals surface area contributed by atoms with Crippen molar-refractivity contribution < 1.29 is 4.79 Å². The second-order valence-corrected chi connectivity index (χ2v) is 6.29. The number of para-hydroxylation sites is 2. The third-order valence-corrected chi connectivity index (χ3v) is 4.10. The number of benzene rings is 2. The molecular formula is C19H22N4O. The molecule has 3 aromatic rings. The van der Waals surface area contributed by atoms with Crippen LogP contribution in [-0.4, -0.2) is 21.9 Å². The lowest BCUT2D eigenvalue weighted by Gasteiger charge is -2.15. The highest BCUT2D eigenvalue weighted by atomic mass is 16.2. The number of nitrogens with zero attached hydrogens (tertiary/aromatic N) is 1. The average molecular weight is 322 g/mol. The predicted molar refractivity (Wildman–Crippen MR) is 96.2 cm³/mol. The van der Waals surface area contributed by atoms with Gasteiger partial charge in [0.2, 0.25) is 5.91 Å². The van der Waals surface area contributed by atoms with Crippen molar-refractivity contribution in [1.82, 2.24) is 15.3 Å². The number of carbonyl (C=O) groups excluding carboxylic acids is 1. The van der Waals surface area contributed by atoms with Crippen LogP contribution in [0.25, 0.3) is 22.4 Å². The van der Waals surface area contributed by atoms with Crippen molar-refractivity contribution >= 4 is 16.9 Å². The lowest BCUT2D eigenvalue weighted by Crippen LogP contribution is -2.43. The van der Waals surface area contributed by atoms with Gasteiger partial charge in [-0.15, -0.1) is 0 Å². The summed E-state index contributed by atoms with van der Waals surface area (Å²) in [5.74, 6) is 0.848. The summed E-state index contributed by atoms with van der Waals surface area (Å²) in [6.45, 7) is 4.35. The molecule has 0 fully saturated rings. The first kappa shape index (κ1) is 16.2. The number of hydrogen-bond acceptors (Lipinski definition) is 3. The van der Waals surface area contributed by atoms with Crippen molar-refractivity contribution in [3.63, 3.8) is 0 Å². The number of carbonyl (C=O) groups is 1. The number of amides is 1. The highest BCUT2D eigenvalue weighted by molar-refractivity contribution is 5.81. The molecule has 0 saturated heterocycles. The molecule has 0 spiro atoms. The van der Waals surface area contributed by atoms with Gasteiger partial charge in [0.25, 0.3) is 0 Å². The van der Waals surface area contributed by atoms with Crippen molar-refractivity contribution in [3.05, 3.63) is 54.1 Å². The summed E-state index contributed by atoms with van der Waals surface area (Å²) in [5.41, 5.74) is 9.85. The SMILES string of the molecule is CC(C)[C@H](N)C(=O)NCc1ccc(-c2nc3ccccc3[nH]2)cc1. The normalized spacial score (nSPS) is 12.5. The molecule has 1 heterocycles. The van der Waals surface area contributed by atoms with Gasteiger partial charge < -0.3 is 16.0 Å². The molecule has 2 aromatic carbocycles. The monoisotopic (exact) mass is 322 g/mol. The van der Waals surface area contributed by atoms with Gasteiger partial charge in [-0.25, -0.2) is 4.98 Å². The van der Waals surface area contributed by atoms with Crippen LogP contribution in [0.5, 0.6) is 0 Å². The molecule has 24 heavy (non-hydrogen) atoms. The van der Waals surface area contributed by atoms with E-state index >= 15 is 0 Å². The van der Waals surface area contributed by atoms with Gasteiger partial charge in [0, 0.05) is 12.1 Å². The molecule has 3 rings (SSSR count). The molecule has 0 aliphatic carbocycles. The predicted octanol–water partition coefficient (Wildman–Crippen LogP) is 2.83. The number of nitrogens with one attached hydrogen (secondary N) is 2. The Kier molecular flexibility index (Phi) is 4.62. The summed E-state index contributed by atoms with van der Waals surface area (Å²) in [6.07, 6.45) is 0. The minimum absolute atomic E-state index is 0.119. The fraction of sp³-hybridized carbons (Fsp3) is 0.263. The highest BCUT2D eigenvalue weighted by Crippen LogP contribution is 2.20. The van der Waals surface area contributed by atoms with Gasteiger partial charge in [0.15, 0.2) is 0 Å². The zero-order valence-electron chi connectivity index (χ0n) is 13.9. The van der Waals surface area contributed by atoms with Crippen LogP contribution in [0.1, 0.15) is 19.4 Å². The zero-order chi connectivity index (χ0) is 17.1. The Bertz CT molecular complexity index is 803. The Morgan fingerprint density at radius 2 is 1.88 bits per heavy atom. The third kappa shape index (κ3) is 3.46. The lowest BCUT2D eigenvalue weighted by atomic mass is 10.0. The number of nitrogens with two attached hydrogens (primary N) is 1. The molecule has 0 aliphatic heterocycles. The fourth-order valence-electron chi connectivity index (χ4n) is 2.48. The summed E-state index contributed by atoms with van der Waals surface area (Å²) < 4.78 is 0. The van der Waals surface area contributed by atoms with E-state index in [0.717, 1.165) is 28.0 Å². The number of H-pyrrole nitrogens is 1. The number of hydrogen-bond donors (Lipinski definition) is 3. The Morgan fingerprint density at radius 1 is 1.17 bits per heavy atom. The van der Waals surface area contributed by atoms with Gasteiger partial charge in [0.1, 0.15) is 5.82 Å². The van der Waals surface area contributed by atoms with Gasteiger partial charge >= 0.3 is 0 Å². The molecule has 0 radical (unpaired) electrons. The number of aromatic amines is 1. The van der Waals surface area contributed by atoms with Crippen molar-refractivity contribution in [2.45, 2.75) is 26.4 Å². The van der Waals surface area contributed by atoms with E-state index in [1.54, 1.807) is 0 Å². The van der Waals surface area contributed by atoms with Gasteiger partial charge in [-0.2, -0.15) is 0 Å². The topological polar surface area (TPSA) is 83.8 Å². The second kappa shape index (κ2) is 6.84. The molecule has 0 aliphatic rings. The molecule has 4 N–H and O–H groups in total. The van der Waals surface area contributed by atoms with Crippen LogP contribution in [0.3, 0.4) is 0 Å². The molecule has 0 saturated carbocycles. The van der Waals surface area contributed by atoms with Gasteiger partial charge in [-0.1, -0.05) is 50.2 Å². The molecule has 124 valence electrons. The average Bonchev–Trinajstić information content (AvgIpc) is 3.03. The smallest absolute Gasteiger partial charge is 0.237 e. The maximum absolute atomic E-state index is 11.9. The Labute approximate surface area is 141 Å². The summed E-state index contributed by atoms with van der Waals surface area (Å²) in [6, 6.07) is 15.5. The standard InChI is InChI=1S/C19H22N4O/c1-12(2)17(20)19(24)21-11-13-7-9-14(10-8-13)18-22-15-5-3-4-6-16(15)23-18/h3-10,12,17H,11,20H2,1-2H3,(H,21,24)(H,22,23)/t17-/m0/s1. The van der Waals surface area contributed by atoms with Crippen LogP contribution in [0.4, 0.5) is 0 Å². The van der Waals surface area contributed by atoms with E-state index in [2.05, 4.69) is 15.3 Å². The summed E-state index contributed by atoms with van der Waals surface area (Å²) in [7, 11) is 0.